The van der Waals surface area contributed by atoms with Gasteiger partial charge in [-0.1, -0.05) is 30.3 Å². The van der Waals surface area contributed by atoms with Gasteiger partial charge in [-0.15, -0.1) is 11.6 Å². The normalized spacial score (nSPS) is 10.4. The van der Waals surface area contributed by atoms with Gasteiger partial charge in [0.25, 0.3) is 0 Å². The van der Waals surface area contributed by atoms with Gasteiger partial charge in [-0.2, -0.15) is 0 Å². The third-order valence-corrected chi connectivity index (χ3v) is 3.17. The second-order valence-corrected chi connectivity index (χ2v) is 4.60. The van der Waals surface area contributed by atoms with Gasteiger partial charge in [-0.3, -0.25) is 0 Å². The minimum absolute atomic E-state index is 0.430. The van der Waals surface area contributed by atoms with E-state index in [1.807, 2.05) is 25.1 Å². The maximum absolute atomic E-state index is 5.76. The summed E-state index contributed by atoms with van der Waals surface area (Å²) in [5, 5.41) is 0. The van der Waals surface area contributed by atoms with E-state index in [1.54, 1.807) is 6.20 Å². The number of ether oxygens (including phenoxy) is 1. The maximum atomic E-state index is 5.76. The molecule has 1 aromatic heterocycles. The van der Waals surface area contributed by atoms with Gasteiger partial charge in [0, 0.05) is 17.5 Å². The van der Waals surface area contributed by atoms with Crippen LogP contribution in [0.15, 0.2) is 36.5 Å². The van der Waals surface area contributed by atoms with Crippen molar-refractivity contribution < 1.29 is 4.74 Å². The fourth-order valence-electron chi connectivity index (χ4n) is 1.76. The Morgan fingerprint density at radius 3 is 2.68 bits per heavy atom. The van der Waals surface area contributed by atoms with Crippen LogP contribution in [0.4, 0.5) is 0 Å². The van der Waals surface area contributed by atoms with Gasteiger partial charge in [-0.25, -0.2) is 9.97 Å². The quantitative estimate of drug-likeness (QED) is 0.598. The highest BCUT2D eigenvalue weighted by atomic mass is 35.5. The van der Waals surface area contributed by atoms with E-state index < -0.39 is 0 Å². The average molecular weight is 277 g/mol. The summed E-state index contributed by atoms with van der Waals surface area (Å²) in [4.78, 5) is 8.41. The van der Waals surface area contributed by atoms with E-state index >= 15 is 0 Å². The van der Waals surface area contributed by atoms with Crippen LogP contribution in [0.3, 0.4) is 0 Å². The molecule has 0 amide bonds. The fourth-order valence-corrected chi connectivity index (χ4v) is 2.02. The second kappa shape index (κ2) is 7.10. The van der Waals surface area contributed by atoms with Gasteiger partial charge in [0.1, 0.15) is 0 Å². The molecular formula is C15H17ClN2O. The molecule has 0 aliphatic rings. The lowest BCUT2D eigenvalue weighted by Gasteiger charge is -2.06. The zero-order chi connectivity index (χ0) is 13.5. The number of rotatable bonds is 6. The highest BCUT2D eigenvalue weighted by Gasteiger charge is 2.03. The van der Waals surface area contributed by atoms with E-state index in [0.717, 1.165) is 24.1 Å². The van der Waals surface area contributed by atoms with Crippen molar-refractivity contribution in [3.63, 3.8) is 0 Å². The molecule has 2 aromatic rings. The summed E-state index contributed by atoms with van der Waals surface area (Å²) in [5.41, 5.74) is 3.14. The number of alkyl halides is 1. The highest BCUT2D eigenvalue weighted by Crippen LogP contribution is 2.11. The minimum Gasteiger partial charge on any atom is -0.463 e. The van der Waals surface area contributed by atoms with Crippen LogP contribution < -0.4 is 4.74 Å². The molecule has 0 spiro atoms. The van der Waals surface area contributed by atoms with Crippen molar-refractivity contribution in [2.45, 2.75) is 25.6 Å². The summed E-state index contributed by atoms with van der Waals surface area (Å²) >= 11 is 5.76. The summed E-state index contributed by atoms with van der Waals surface area (Å²) in [7, 11) is 0. The summed E-state index contributed by atoms with van der Waals surface area (Å²) in [6, 6.07) is 10.8. The average Bonchev–Trinajstić information content (AvgIpc) is 2.45. The molecule has 19 heavy (non-hydrogen) atoms. The summed E-state index contributed by atoms with van der Waals surface area (Å²) < 4.78 is 5.54. The SMILES string of the molecule is Cc1nc(OCCCc2ccccc2)ncc1CCl. The van der Waals surface area contributed by atoms with Crippen molar-refractivity contribution in [3.8, 4) is 6.01 Å². The Bertz CT molecular complexity index is 517. The fraction of sp³-hybridized carbons (Fsp3) is 0.333. The van der Waals surface area contributed by atoms with Gasteiger partial charge in [0.15, 0.2) is 0 Å². The van der Waals surface area contributed by atoms with E-state index in [4.69, 9.17) is 16.3 Å². The molecule has 0 unspecified atom stereocenters. The molecule has 0 saturated carbocycles. The van der Waals surface area contributed by atoms with E-state index in [9.17, 15) is 0 Å². The number of aromatic nitrogens is 2. The third kappa shape index (κ3) is 4.21. The van der Waals surface area contributed by atoms with Crippen molar-refractivity contribution in [1.29, 1.82) is 0 Å². The van der Waals surface area contributed by atoms with Crippen LogP contribution in [0.1, 0.15) is 23.2 Å². The van der Waals surface area contributed by atoms with Crippen molar-refractivity contribution in [1.82, 2.24) is 9.97 Å². The van der Waals surface area contributed by atoms with Gasteiger partial charge in [-0.05, 0) is 25.3 Å². The number of aryl methyl sites for hydroxylation is 2. The zero-order valence-corrected chi connectivity index (χ0v) is 11.7. The number of benzene rings is 1. The van der Waals surface area contributed by atoms with Crippen LogP contribution in [0, 0.1) is 6.92 Å². The standard InChI is InChI=1S/C15H17ClN2O/c1-12-14(10-16)11-17-15(18-12)19-9-5-8-13-6-3-2-4-7-13/h2-4,6-7,11H,5,8-10H2,1H3. The lowest BCUT2D eigenvalue weighted by molar-refractivity contribution is 0.286. The summed E-state index contributed by atoms with van der Waals surface area (Å²) in [6.07, 6.45) is 3.67. The molecule has 0 atom stereocenters. The van der Waals surface area contributed by atoms with Gasteiger partial charge in [0.05, 0.1) is 12.5 Å². The third-order valence-electron chi connectivity index (χ3n) is 2.89. The Labute approximate surface area is 118 Å². The van der Waals surface area contributed by atoms with E-state index in [-0.39, 0.29) is 0 Å². The van der Waals surface area contributed by atoms with Gasteiger partial charge < -0.3 is 4.74 Å². The van der Waals surface area contributed by atoms with E-state index in [2.05, 4.69) is 22.1 Å². The molecule has 0 radical (unpaired) electrons. The number of halogens is 1. The molecule has 0 fully saturated rings. The molecule has 0 saturated heterocycles. The first-order valence-electron chi connectivity index (χ1n) is 6.35. The van der Waals surface area contributed by atoms with Gasteiger partial charge in [0.2, 0.25) is 0 Å². The van der Waals surface area contributed by atoms with E-state index in [0.29, 0.717) is 18.5 Å². The molecule has 0 aliphatic carbocycles. The molecule has 2 rings (SSSR count). The lowest BCUT2D eigenvalue weighted by Crippen LogP contribution is -2.04. The Morgan fingerprint density at radius 1 is 1.21 bits per heavy atom. The molecule has 0 N–H and O–H groups in total. The van der Waals surface area contributed by atoms with Crippen LogP contribution in [0.25, 0.3) is 0 Å². The smallest absolute Gasteiger partial charge is 0.316 e. The van der Waals surface area contributed by atoms with E-state index in [1.165, 1.54) is 5.56 Å². The first kappa shape index (κ1) is 13.8. The van der Waals surface area contributed by atoms with Crippen molar-refractivity contribution in [2.24, 2.45) is 0 Å². The van der Waals surface area contributed by atoms with Crippen LogP contribution in [0.2, 0.25) is 0 Å². The van der Waals surface area contributed by atoms with Crippen molar-refractivity contribution >= 4 is 11.6 Å². The molecule has 1 heterocycles. The lowest BCUT2D eigenvalue weighted by atomic mass is 10.1. The molecule has 3 nitrogen and oxygen atoms in total. The Hall–Kier alpha value is -1.61. The molecular weight excluding hydrogens is 260 g/mol. The predicted octanol–water partition coefficient (Wildman–Crippen LogP) is 3.54. The van der Waals surface area contributed by atoms with Crippen molar-refractivity contribution in [3.05, 3.63) is 53.3 Å². The number of nitrogens with zero attached hydrogens (tertiary/aromatic N) is 2. The van der Waals surface area contributed by atoms with Crippen molar-refractivity contribution in [2.75, 3.05) is 6.61 Å². The molecule has 0 bridgehead atoms. The zero-order valence-electron chi connectivity index (χ0n) is 11.0. The second-order valence-electron chi connectivity index (χ2n) is 4.33. The number of hydrogen-bond acceptors (Lipinski definition) is 3. The summed E-state index contributed by atoms with van der Waals surface area (Å²) in [5.74, 6) is 0.431. The highest BCUT2D eigenvalue weighted by molar-refractivity contribution is 6.17. The van der Waals surface area contributed by atoms with Crippen LogP contribution in [0.5, 0.6) is 6.01 Å². The molecule has 4 heteroatoms. The van der Waals surface area contributed by atoms with Gasteiger partial charge >= 0.3 is 6.01 Å². The number of hydrogen-bond donors (Lipinski definition) is 0. The minimum atomic E-state index is 0.430. The predicted molar refractivity (Wildman–Crippen MR) is 76.6 cm³/mol. The first-order chi connectivity index (χ1) is 9.29. The van der Waals surface area contributed by atoms with Crippen LogP contribution in [-0.2, 0) is 12.3 Å². The topological polar surface area (TPSA) is 35.0 Å². The molecule has 1 aromatic carbocycles. The monoisotopic (exact) mass is 276 g/mol. The molecule has 100 valence electrons. The Kier molecular flexibility index (Phi) is 5.16. The summed E-state index contributed by atoms with van der Waals surface area (Å²) in [6.45, 7) is 2.53. The molecule has 0 aliphatic heterocycles. The largest absolute Gasteiger partial charge is 0.463 e. The van der Waals surface area contributed by atoms with Crippen LogP contribution in [-0.4, -0.2) is 16.6 Å². The first-order valence-corrected chi connectivity index (χ1v) is 6.88. The maximum Gasteiger partial charge on any atom is 0.316 e. The Morgan fingerprint density at radius 2 is 2.00 bits per heavy atom. The Balaban J connectivity index is 1.78. The van der Waals surface area contributed by atoms with Crippen LogP contribution >= 0.6 is 11.6 Å².